The Morgan fingerprint density at radius 1 is 1.09 bits per heavy atom. The van der Waals surface area contributed by atoms with Crippen LogP contribution in [0.5, 0.6) is 0 Å². The zero-order valence-electron chi connectivity index (χ0n) is 17.7. The molecule has 4 heterocycles. The van der Waals surface area contributed by atoms with Gasteiger partial charge >= 0.3 is 6.18 Å². The fraction of sp³-hybridized carbons (Fsp3) is 0.478. The highest BCUT2D eigenvalue weighted by molar-refractivity contribution is 5.88. The maximum atomic E-state index is 13.9. The van der Waals surface area contributed by atoms with Gasteiger partial charge in [0.2, 0.25) is 0 Å². The largest absolute Gasteiger partial charge is 0.431 e. The molecule has 10 heteroatoms. The molecule has 0 spiro atoms. The third-order valence-electron chi connectivity index (χ3n) is 7.30. The Hall–Kier alpha value is -2.72. The number of fused-ring (bicyclic) bond motifs is 3. The second-order valence-corrected chi connectivity index (χ2v) is 9.25. The van der Waals surface area contributed by atoms with Gasteiger partial charge in [-0.3, -0.25) is 4.90 Å². The number of hydrogen-bond acceptors (Lipinski definition) is 5. The molecule has 3 aromatic rings. The van der Waals surface area contributed by atoms with Crippen LogP contribution >= 0.6 is 0 Å². The van der Waals surface area contributed by atoms with Crippen molar-refractivity contribution < 1.29 is 22.3 Å². The van der Waals surface area contributed by atoms with Crippen LogP contribution in [0.2, 0.25) is 0 Å². The highest BCUT2D eigenvalue weighted by atomic mass is 19.4. The van der Waals surface area contributed by atoms with E-state index in [2.05, 4.69) is 25.2 Å². The fourth-order valence-electron chi connectivity index (χ4n) is 5.69. The Bertz CT molecular complexity index is 1180. The number of aryl methyl sites for hydroxylation is 1. The van der Waals surface area contributed by atoms with Crippen molar-refractivity contribution in [3.8, 4) is 0 Å². The monoisotopic (exact) mass is 461 g/mol. The molecule has 2 saturated heterocycles. The molecule has 1 aliphatic carbocycles. The molecular formula is C23H23F4N5O. The van der Waals surface area contributed by atoms with Crippen molar-refractivity contribution in [2.24, 2.45) is 11.8 Å². The summed E-state index contributed by atoms with van der Waals surface area (Å²) >= 11 is 0. The molecule has 0 bridgehead atoms. The number of nitrogens with one attached hydrogen (secondary N) is 2. The van der Waals surface area contributed by atoms with Crippen LogP contribution in [0.1, 0.15) is 29.3 Å². The second kappa shape index (κ2) is 7.66. The molecule has 174 valence electrons. The molecule has 33 heavy (non-hydrogen) atoms. The molecule has 2 aliphatic heterocycles. The van der Waals surface area contributed by atoms with Gasteiger partial charge in [-0.2, -0.15) is 13.2 Å². The average molecular weight is 461 g/mol. The van der Waals surface area contributed by atoms with Crippen molar-refractivity contribution >= 4 is 16.9 Å². The molecule has 0 amide bonds. The summed E-state index contributed by atoms with van der Waals surface area (Å²) in [4.78, 5) is 13.1. The number of alkyl halides is 3. The van der Waals surface area contributed by atoms with E-state index in [0.29, 0.717) is 17.7 Å². The van der Waals surface area contributed by atoms with E-state index in [4.69, 9.17) is 4.74 Å². The Morgan fingerprint density at radius 3 is 2.64 bits per heavy atom. The molecule has 2 N–H and O–H groups in total. The molecule has 0 unspecified atom stereocenters. The van der Waals surface area contributed by atoms with E-state index in [0.717, 1.165) is 56.3 Å². The highest BCUT2D eigenvalue weighted by Crippen LogP contribution is 2.41. The quantitative estimate of drug-likeness (QED) is 0.574. The molecule has 3 aliphatic rings. The van der Waals surface area contributed by atoms with Crippen molar-refractivity contribution in [1.29, 1.82) is 0 Å². The van der Waals surface area contributed by atoms with E-state index in [1.165, 1.54) is 12.4 Å². The van der Waals surface area contributed by atoms with Crippen LogP contribution in [-0.2, 0) is 17.3 Å². The van der Waals surface area contributed by atoms with Crippen molar-refractivity contribution in [1.82, 2.24) is 19.9 Å². The van der Waals surface area contributed by atoms with Gasteiger partial charge < -0.3 is 15.0 Å². The van der Waals surface area contributed by atoms with Gasteiger partial charge in [-0.25, -0.2) is 14.4 Å². The summed E-state index contributed by atoms with van der Waals surface area (Å²) in [5.41, 5.74) is 1.14. The lowest BCUT2D eigenvalue weighted by molar-refractivity contribution is -0.140. The van der Waals surface area contributed by atoms with Crippen molar-refractivity contribution in [2.75, 3.05) is 31.6 Å². The Kier molecular flexibility index (Phi) is 4.84. The summed E-state index contributed by atoms with van der Waals surface area (Å²) in [5.74, 6) is 1.06. The third kappa shape index (κ3) is 3.65. The molecule has 4 atom stereocenters. The van der Waals surface area contributed by atoms with E-state index in [-0.39, 0.29) is 28.9 Å². The van der Waals surface area contributed by atoms with Crippen LogP contribution in [0.15, 0.2) is 30.6 Å². The van der Waals surface area contributed by atoms with Crippen molar-refractivity contribution in [2.45, 2.75) is 31.1 Å². The SMILES string of the molecule is Fc1ccc2c(c1)CC[C@H](N1C[C@H]3COC[C@@H]3C1)[C@H]2Nc1ncnc2[nH]c(C(F)(F)F)cc12. The van der Waals surface area contributed by atoms with Gasteiger partial charge in [0.05, 0.1) is 24.6 Å². The van der Waals surface area contributed by atoms with E-state index in [9.17, 15) is 17.6 Å². The molecule has 0 saturated carbocycles. The minimum atomic E-state index is -4.51. The Labute approximate surface area is 187 Å². The van der Waals surface area contributed by atoms with Crippen LogP contribution in [0.25, 0.3) is 11.0 Å². The van der Waals surface area contributed by atoms with Crippen LogP contribution in [0, 0.1) is 17.7 Å². The first-order valence-electron chi connectivity index (χ1n) is 11.1. The standard InChI is InChI=1S/C23H23F4N5O/c24-15-2-3-16-12(5-15)1-4-18(32-7-13-9-33-10-14(13)8-32)20(16)31-22-17-6-19(23(25,26)27)30-21(17)28-11-29-22/h2-3,5-6,11,13-14,18,20H,1,4,7-10H2,(H2,28,29,30,31)/t13-,14-,18-,20-/m0/s1. The normalized spacial score (nSPS) is 27.6. The van der Waals surface area contributed by atoms with Gasteiger partial charge in [0.1, 0.15) is 29.3 Å². The van der Waals surface area contributed by atoms with Gasteiger partial charge in [-0.1, -0.05) is 6.07 Å². The predicted octanol–water partition coefficient (Wildman–Crippen LogP) is 4.16. The number of benzene rings is 1. The number of H-pyrrole nitrogens is 1. The minimum absolute atomic E-state index is 0.111. The lowest BCUT2D eigenvalue weighted by atomic mass is 9.83. The minimum Gasteiger partial charge on any atom is -0.381 e. The summed E-state index contributed by atoms with van der Waals surface area (Å²) in [6.07, 6.45) is -1.68. The van der Waals surface area contributed by atoms with Gasteiger partial charge in [-0.05, 0) is 42.2 Å². The zero-order chi connectivity index (χ0) is 22.7. The number of likely N-dealkylation sites (tertiary alicyclic amines) is 1. The van der Waals surface area contributed by atoms with E-state index in [1.807, 2.05) is 0 Å². The smallest absolute Gasteiger partial charge is 0.381 e. The topological polar surface area (TPSA) is 66.1 Å². The number of rotatable bonds is 3. The van der Waals surface area contributed by atoms with Crippen LogP contribution in [0.4, 0.5) is 23.4 Å². The van der Waals surface area contributed by atoms with Gasteiger partial charge in [-0.15, -0.1) is 0 Å². The van der Waals surface area contributed by atoms with Gasteiger partial charge in [0.25, 0.3) is 0 Å². The first-order chi connectivity index (χ1) is 15.9. The second-order valence-electron chi connectivity index (χ2n) is 9.25. The summed E-state index contributed by atoms with van der Waals surface area (Å²) in [5, 5.41) is 3.71. The predicted molar refractivity (Wildman–Crippen MR) is 113 cm³/mol. The Balaban J connectivity index is 1.38. The number of nitrogens with zero attached hydrogens (tertiary/aromatic N) is 3. The lowest BCUT2D eigenvalue weighted by Gasteiger charge is -2.40. The number of anilines is 1. The number of halogens is 4. The number of aromatic nitrogens is 3. The highest BCUT2D eigenvalue weighted by Gasteiger charge is 2.43. The fourth-order valence-corrected chi connectivity index (χ4v) is 5.69. The summed E-state index contributed by atoms with van der Waals surface area (Å²) in [6.45, 7) is 3.38. The summed E-state index contributed by atoms with van der Waals surface area (Å²) in [7, 11) is 0. The van der Waals surface area contributed by atoms with Crippen LogP contribution in [0.3, 0.4) is 0 Å². The maximum absolute atomic E-state index is 13.9. The summed E-state index contributed by atoms with van der Waals surface area (Å²) < 4.78 is 59.4. The number of ether oxygens (including phenoxy) is 1. The first-order valence-corrected chi connectivity index (χ1v) is 11.1. The van der Waals surface area contributed by atoms with Crippen molar-refractivity contribution in [3.63, 3.8) is 0 Å². The lowest BCUT2D eigenvalue weighted by Crippen LogP contribution is -2.44. The molecule has 1 aromatic carbocycles. The van der Waals surface area contributed by atoms with E-state index < -0.39 is 11.9 Å². The van der Waals surface area contributed by atoms with E-state index in [1.54, 1.807) is 12.1 Å². The Morgan fingerprint density at radius 2 is 1.88 bits per heavy atom. The van der Waals surface area contributed by atoms with Crippen LogP contribution in [-0.4, -0.2) is 52.2 Å². The number of hydrogen-bond donors (Lipinski definition) is 2. The molecular weight excluding hydrogens is 438 g/mol. The molecule has 2 aromatic heterocycles. The average Bonchev–Trinajstić information content (AvgIpc) is 3.48. The van der Waals surface area contributed by atoms with Crippen LogP contribution < -0.4 is 5.32 Å². The molecule has 6 rings (SSSR count). The maximum Gasteiger partial charge on any atom is 0.431 e. The van der Waals surface area contributed by atoms with Gasteiger partial charge in [0.15, 0.2) is 0 Å². The van der Waals surface area contributed by atoms with Gasteiger partial charge in [0, 0.05) is 31.0 Å². The zero-order valence-corrected chi connectivity index (χ0v) is 17.7. The van der Waals surface area contributed by atoms with Crippen molar-refractivity contribution in [3.05, 3.63) is 53.2 Å². The molecule has 2 fully saturated rings. The summed E-state index contributed by atoms with van der Waals surface area (Å²) in [6, 6.07) is 5.69. The third-order valence-corrected chi connectivity index (χ3v) is 7.30. The molecule has 6 nitrogen and oxygen atoms in total. The number of aromatic amines is 1. The van der Waals surface area contributed by atoms with E-state index >= 15 is 0 Å². The molecule has 0 radical (unpaired) electrons. The first kappa shape index (κ1) is 20.9.